The lowest BCUT2D eigenvalue weighted by molar-refractivity contribution is -0.107. The quantitative estimate of drug-likeness (QED) is 0.732. The average Bonchev–Trinajstić information content (AvgIpc) is 2.51. The minimum Gasteiger partial charge on any atom is -0.497 e. The SMILES string of the molecule is COc1ccc(CCOc2ccc(CC=O)c(Cl)c2)cc1. The monoisotopic (exact) mass is 304 g/mol. The van der Waals surface area contributed by atoms with Gasteiger partial charge in [-0.15, -0.1) is 0 Å². The standard InChI is InChI=1S/C17H17ClO3/c1-20-15-5-2-13(3-6-15)9-11-21-16-7-4-14(8-10-19)17(18)12-16/h2-7,10,12H,8-9,11H2,1H3. The number of carbonyl (C=O) groups is 1. The molecule has 0 aliphatic carbocycles. The third-order valence-corrected chi connectivity index (χ3v) is 3.50. The Labute approximate surface area is 129 Å². The molecule has 110 valence electrons. The van der Waals surface area contributed by atoms with E-state index in [0.717, 1.165) is 24.0 Å². The van der Waals surface area contributed by atoms with Crippen LogP contribution in [0.2, 0.25) is 5.02 Å². The van der Waals surface area contributed by atoms with Gasteiger partial charge in [-0.2, -0.15) is 0 Å². The van der Waals surface area contributed by atoms with Crippen LogP contribution >= 0.6 is 11.6 Å². The fraction of sp³-hybridized carbons (Fsp3) is 0.235. The highest BCUT2D eigenvalue weighted by atomic mass is 35.5. The Balaban J connectivity index is 1.87. The number of methoxy groups -OCH3 is 1. The molecule has 0 fully saturated rings. The largest absolute Gasteiger partial charge is 0.497 e. The number of rotatable bonds is 7. The molecular weight excluding hydrogens is 288 g/mol. The van der Waals surface area contributed by atoms with E-state index in [1.54, 1.807) is 13.2 Å². The lowest BCUT2D eigenvalue weighted by Gasteiger charge is -2.08. The summed E-state index contributed by atoms with van der Waals surface area (Å²) in [6.45, 7) is 0.565. The summed E-state index contributed by atoms with van der Waals surface area (Å²) >= 11 is 6.08. The molecule has 0 bridgehead atoms. The first kappa shape index (κ1) is 15.4. The number of ether oxygens (including phenoxy) is 2. The van der Waals surface area contributed by atoms with Crippen molar-refractivity contribution in [3.63, 3.8) is 0 Å². The third-order valence-electron chi connectivity index (χ3n) is 3.15. The van der Waals surface area contributed by atoms with Gasteiger partial charge in [0.15, 0.2) is 0 Å². The number of carbonyl (C=O) groups excluding carboxylic acids is 1. The maximum Gasteiger partial charge on any atom is 0.124 e. The van der Waals surface area contributed by atoms with Crippen LogP contribution < -0.4 is 9.47 Å². The molecule has 2 aromatic carbocycles. The van der Waals surface area contributed by atoms with Crippen molar-refractivity contribution < 1.29 is 14.3 Å². The maximum absolute atomic E-state index is 10.5. The Kier molecular flexibility index (Phi) is 5.64. The van der Waals surface area contributed by atoms with E-state index in [1.165, 1.54) is 5.56 Å². The fourth-order valence-electron chi connectivity index (χ4n) is 1.95. The van der Waals surface area contributed by atoms with Gasteiger partial charge >= 0.3 is 0 Å². The van der Waals surface area contributed by atoms with E-state index in [4.69, 9.17) is 21.1 Å². The summed E-state index contributed by atoms with van der Waals surface area (Å²) in [6.07, 6.45) is 1.97. The van der Waals surface area contributed by atoms with Crippen molar-refractivity contribution in [2.45, 2.75) is 12.8 Å². The molecule has 2 aromatic rings. The first-order valence-electron chi connectivity index (χ1n) is 6.70. The van der Waals surface area contributed by atoms with Gasteiger partial charge in [0.05, 0.1) is 13.7 Å². The number of halogens is 1. The Bertz CT molecular complexity index is 593. The molecule has 0 N–H and O–H groups in total. The minimum atomic E-state index is 0.324. The number of hydrogen-bond donors (Lipinski definition) is 0. The predicted molar refractivity (Wildman–Crippen MR) is 83.4 cm³/mol. The predicted octanol–water partition coefficient (Wildman–Crippen LogP) is 3.71. The van der Waals surface area contributed by atoms with E-state index in [0.29, 0.717) is 23.8 Å². The molecule has 2 rings (SSSR count). The summed E-state index contributed by atoms with van der Waals surface area (Å²) in [4.78, 5) is 10.5. The van der Waals surface area contributed by atoms with E-state index in [-0.39, 0.29) is 0 Å². The molecule has 0 atom stereocenters. The molecule has 0 amide bonds. The topological polar surface area (TPSA) is 35.5 Å². The Morgan fingerprint density at radius 1 is 1.10 bits per heavy atom. The summed E-state index contributed by atoms with van der Waals surface area (Å²) in [7, 11) is 1.65. The third kappa shape index (κ3) is 4.50. The van der Waals surface area contributed by atoms with Crippen LogP contribution in [0.1, 0.15) is 11.1 Å². The van der Waals surface area contributed by atoms with Gasteiger partial charge in [0.2, 0.25) is 0 Å². The zero-order chi connectivity index (χ0) is 15.1. The lowest BCUT2D eigenvalue weighted by Crippen LogP contribution is -2.01. The minimum absolute atomic E-state index is 0.324. The Morgan fingerprint density at radius 2 is 1.81 bits per heavy atom. The van der Waals surface area contributed by atoms with Crippen molar-refractivity contribution in [2.24, 2.45) is 0 Å². The zero-order valence-corrected chi connectivity index (χ0v) is 12.6. The van der Waals surface area contributed by atoms with Crippen molar-refractivity contribution in [1.82, 2.24) is 0 Å². The van der Waals surface area contributed by atoms with Crippen LogP contribution in [0.3, 0.4) is 0 Å². The summed E-state index contributed by atoms with van der Waals surface area (Å²) in [5.74, 6) is 1.56. The van der Waals surface area contributed by atoms with Crippen molar-refractivity contribution in [2.75, 3.05) is 13.7 Å². The molecule has 0 saturated carbocycles. The van der Waals surface area contributed by atoms with Crippen molar-refractivity contribution in [3.8, 4) is 11.5 Å². The van der Waals surface area contributed by atoms with Gasteiger partial charge in [-0.3, -0.25) is 0 Å². The molecular formula is C17H17ClO3. The molecule has 0 aliphatic heterocycles. The van der Waals surface area contributed by atoms with Crippen LogP contribution in [0.5, 0.6) is 11.5 Å². The molecule has 0 aromatic heterocycles. The highest BCUT2D eigenvalue weighted by molar-refractivity contribution is 6.31. The number of benzene rings is 2. The molecule has 0 heterocycles. The van der Waals surface area contributed by atoms with Gasteiger partial charge in [0.1, 0.15) is 17.8 Å². The number of aldehydes is 1. The highest BCUT2D eigenvalue weighted by Gasteiger charge is 2.03. The van der Waals surface area contributed by atoms with Gasteiger partial charge in [0.25, 0.3) is 0 Å². The molecule has 0 radical (unpaired) electrons. The summed E-state index contributed by atoms with van der Waals surface area (Å²) in [5.41, 5.74) is 1.99. The molecule has 0 spiro atoms. The summed E-state index contributed by atoms with van der Waals surface area (Å²) < 4.78 is 10.8. The molecule has 0 saturated heterocycles. The van der Waals surface area contributed by atoms with Gasteiger partial charge in [0, 0.05) is 17.9 Å². The smallest absolute Gasteiger partial charge is 0.124 e. The first-order valence-corrected chi connectivity index (χ1v) is 7.08. The van der Waals surface area contributed by atoms with Gasteiger partial charge in [-0.25, -0.2) is 0 Å². The van der Waals surface area contributed by atoms with Gasteiger partial charge in [-0.1, -0.05) is 29.8 Å². The van der Waals surface area contributed by atoms with Crippen molar-refractivity contribution in [1.29, 1.82) is 0 Å². The molecule has 0 unspecified atom stereocenters. The van der Waals surface area contributed by atoms with E-state index in [1.807, 2.05) is 36.4 Å². The summed E-state index contributed by atoms with van der Waals surface area (Å²) in [5, 5.41) is 0.559. The lowest BCUT2D eigenvalue weighted by atomic mass is 10.1. The van der Waals surface area contributed by atoms with Crippen LogP contribution in [0.4, 0.5) is 0 Å². The van der Waals surface area contributed by atoms with E-state index in [9.17, 15) is 4.79 Å². The molecule has 3 nitrogen and oxygen atoms in total. The average molecular weight is 305 g/mol. The highest BCUT2D eigenvalue weighted by Crippen LogP contribution is 2.23. The fourth-order valence-corrected chi connectivity index (χ4v) is 2.20. The van der Waals surface area contributed by atoms with Crippen LogP contribution in [0.25, 0.3) is 0 Å². The van der Waals surface area contributed by atoms with E-state index >= 15 is 0 Å². The molecule has 4 heteroatoms. The second-order valence-electron chi connectivity index (χ2n) is 4.57. The maximum atomic E-state index is 10.5. The Hall–Kier alpha value is -2.00. The summed E-state index contributed by atoms with van der Waals surface area (Å²) in [6, 6.07) is 13.3. The van der Waals surface area contributed by atoms with Gasteiger partial charge < -0.3 is 14.3 Å². The van der Waals surface area contributed by atoms with Crippen LogP contribution in [0.15, 0.2) is 42.5 Å². The molecule has 21 heavy (non-hydrogen) atoms. The second-order valence-corrected chi connectivity index (χ2v) is 4.98. The van der Waals surface area contributed by atoms with E-state index in [2.05, 4.69) is 0 Å². The van der Waals surface area contributed by atoms with E-state index < -0.39 is 0 Å². The second kappa shape index (κ2) is 7.70. The van der Waals surface area contributed by atoms with Crippen molar-refractivity contribution >= 4 is 17.9 Å². The molecule has 0 aliphatic rings. The zero-order valence-electron chi connectivity index (χ0n) is 11.8. The normalized spacial score (nSPS) is 10.2. The van der Waals surface area contributed by atoms with Crippen molar-refractivity contribution in [3.05, 3.63) is 58.6 Å². The number of hydrogen-bond acceptors (Lipinski definition) is 3. The first-order chi connectivity index (χ1) is 10.2. The van der Waals surface area contributed by atoms with Crippen LogP contribution in [0, 0.1) is 0 Å². The van der Waals surface area contributed by atoms with Crippen LogP contribution in [-0.4, -0.2) is 20.0 Å². The van der Waals surface area contributed by atoms with Crippen LogP contribution in [-0.2, 0) is 17.6 Å². The Morgan fingerprint density at radius 3 is 2.43 bits per heavy atom. The van der Waals surface area contributed by atoms with Gasteiger partial charge in [-0.05, 0) is 35.4 Å².